The number of rotatable bonds is 5. The van der Waals surface area contributed by atoms with Crippen LogP contribution < -0.4 is 10.5 Å². The molecule has 0 saturated carbocycles. The maximum atomic E-state index is 13.1. The van der Waals surface area contributed by atoms with Gasteiger partial charge in [-0.05, 0) is 36.8 Å². The molecule has 138 valence electrons. The summed E-state index contributed by atoms with van der Waals surface area (Å²) >= 11 is 0. The molecule has 9 heteroatoms. The minimum absolute atomic E-state index is 0.0282. The van der Waals surface area contributed by atoms with Gasteiger partial charge in [-0.1, -0.05) is 0 Å². The zero-order valence-corrected chi connectivity index (χ0v) is 14.4. The van der Waals surface area contributed by atoms with Crippen LogP contribution in [0.5, 0.6) is 5.75 Å². The number of methoxy groups -OCH3 is 1. The van der Waals surface area contributed by atoms with E-state index in [9.17, 15) is 24.8 Å². The van der Waals surface area contributed by atoms with Crippen LogP contribution in [-0.4, -0.2) is 33.3 Å². The van der Waals surface area contributed by atoms with Crippen LogP contribution in [0.1, 0.15) is 32.0 Å². The van der Waals surface area contributed by atoms with Crippen LogP contribution in [0.3, 0.4) is 0 Å². The number of anilines is 1. The molecule has 0 spiro atoms. The second-order valence-corrected chi connectivity index (χ2v) is 5.84. The van der Waals surface area contributed by atoms with E-state index in [2.05, 4.69) is 0 Å². The average molecular weight is 369 g/mol. The molecule has 2 heterocycles. The highest BCUT2D eigenvalue weighted by molar-refractivity contribution is 6.13. The van der Waals surface area contributed by atoms with Crippen molar-refractivity contribution in [2.45, 2.75) is 6.92 Å². The molecule has 0 bridgehead atoms. The Morgan fingerprint density at radius 2 is 1.96 bits per heavy atom. The summed E-state index contributed by atoms with van der Waals surface area (Å²) in [7, 11) is 1.26. The van der Waals surface area contributed by atoms with Crippen LogP contribution in [0.2, 0.25) is 0 Å². The van der Waals surface area contributed by atoms with Crippen LogP contribution in [0.4, 0.5) is 11.4 Å². The smallest absolute Gasteiger partial charge is 0.338 e. The number of aromatic carboxylic acids is 1. The van der Waals surface area contributed by atoms with Gasteiger partial charge in [0.2, 0.25) is 5.78 Å². The fourth-order valence-electron chi connectivity index (χ4n) is 3.05. The lowest BCUT2D eigenvalue weighted by molar-refractivity contribution is -0.385. The predicted molar refractivity (Wildman–Crippen MR) is 96.6 cm³/mol. The lowest BCUT2D eigenvalue weighted by Crippen LogP contribution is -2.08. The molecule has 0 fully saturated rings. The molecule has 2 aromatic heterocycles. The fourth-order valence-corrected chi connectivity index (χ4v) is 3.05. The van der Waals surface area contributed by atoms with Gasteiger partial charge in [-0.3, -0.25) is 14.9 Å². The zero-order valence-electron chi connectivity index (χ0n) is 14.4. The van der Waals surface area contributed by atoms with Gasteiger partial charge < -0.3 is 20.0 Å². The number of carboxylic acids is 1. The monoisotopic (exact) mass is 369 g/mol. The number of nitrogen functional groups attached to an aromatic ring is 1. The lowest BCUT2D eigenvalue weighted by Gasteiger charge is -2.07. The fraction of sp³-hybridized carbons (Fsp3) is 0.111. The van der Waals surface area contributed by atoms with Crippen molar-refractivity contribution in [1.29, 1.82) is 0 Å². The van der Waals surface area contributed by atoms with Crippen LogP contribution >= 0.6 is 0 Å². The van der Waals surface area contributed by atoms with Crippen molar-refractivity contribution in [3.05, 3.63) is 69.0 Å². The van der Waals surface area contributed by atoms with E-state index in [4.69, 9.17) is 10.5 Å². The number of carbonyl (C=O) groups excluding carboxylic acids is 1. The number of nitro benzene ring substituents is 1. The Kier molecular flexibility index (Phi) is 4.28. The maximum Gasteiger partial charge on any atom is 0.338 e. The van der Waals surface area contributed by atoms with Crippen molar-refractivity contribution in [3.8, 4) is 5.75 Å². The summed E-state index contributed by atoms with van der Waals surface area (Å²) in [5.74, 6) is -1.74. The predicted octanol–water partition coefficient (Wildman–Crippen LogP) is 2.68. The number of nitrogens with two attached hydrogens (primary N) is 1. The third-order valence-electron chi connectivity index (χ3n) is 4.27. The second kappa shape index (κ2) is 6.45. The van der Waals surface area contributed by atoms with Crippen molar-refractivity contribution in [2.75, 3.05) is 12.8 Å². The van der Waals surface area contributed by atoms with E-state index in [0.29, 0.717) is 5.69 Å². The second-order valence-electron chi connectivity index (χ2n) is 5.84. The number of carbonyl (C=O) groups is 2. The molecule has 0 aliphatic heterocycles. The summed E-state index contributed by atoms with van der Waals surface area (Å²) in [5.41, 5.74) is 6.64. The summed E-state index contributed by atoms with van der Waals surface area (Å²) in [4.78, 5) is 35.2. The van der Waals surface area contributed by atoms with Gasteiger partial charge in [0.05, 0.1) is 28.8 Å². The van der Waals surface area contributed by atoms with Gasteiger partial charge in [-0.15, -0.1) is 0 Å². The molecule has 3 rings (SSSR count). The number of hydrogen-bond donors (Lipinski definition) is 2. The maximum absolute atomic E-state index is 13.1. The first-order valence-corrected chi connectivity index (χ1v) is 7.76. The molecule has 0 aliphatic rings. The third kappa shape index (κ3) is 2.84. The molecule has 0 atom stereocenters. The quantitative estimate of drug-likeness (QED) is 0.400. The van der Waals surface area contributed by atoms with Gasteiger partial charge in [-0.2, -0.15) is 0 Å². The number of pyridine rings is 1. The zero-order chi connectivity index (χ0) is 19.9. The SMILES string of the molecule is COc1cc(C(=O)c2c(C)c(C(=O)O)c3cc(N)ccn23)ccc1[N+](=O)[O-]. The molecule has 3 aromatic rings. The first-order chi connectivity index (χ1) is 12.8. The number of ketones is 1. The summed E-state index contributed by atoms with van der Waals surface area (Å²) in [5, 5.41) is 20.6. The molecule has 0 aliphatic carbocycles. The summed E-state index contributed by atoms with van der Waals surface area (Å²) in [6, 6.07) is 6.76. The number of nitrogens with zero attached hydrogens (tertiary/aromatic N) is 2. The van der Waals surface area contributed by atoms with Gasteiger partial charge in [0.25, 0.3) is 0 Å². The Balaban J connectivity index is 2.24. The summed E-state index contributed by atoms with van der Waals surface area (Å²) < 4.78 is 6.45. The summed E-state index contributed by atoms with van der Waals surface area (Å²) in [6.07, 6.45) is 1.51. The first kappa shape index (κ1) is 17.9. The minimum atomic E-state index is -1.18. The molecular formula is C18H15N3O6. The van der Waals surface area contributed by atoms with E-state index in [0.717, 1.165) is 0 Å². The van der Waals surface area contributed by atoms with Crippen molar-refractivity contribution < 1.29 is 24.4 Å². The van der Waals surface area contributed by atoms with Gasteiger partial charge in [0, 0.05) is 23.5 Å². The highest BCUT2D eigenvalue weighted by Gasteiger charge is 2.26. The number of hydrogen-bond acceptors (Lipinski definition) is 6. The van der Waals surface area contributed by atoms with Crippen LogP contribution in [0.15, 0.2) is 36.5 Å². The molecule has 27 heavy (non-hydrogen) atoms. The largest absolute Gasteiger partial charge is 0.490 e. The minimum Gasteiger partial charge on any atom is -0.490 e. The van der Waals surface area contributed by atoms with Crippen molar-refractivity contribution >= 4 is 28.6 Å². The molecule has 9 nitrogen and oxygen atoms in total. The molecule has 0 amide bonds. The van der Waals surface area contributed by atoms with Gasteiger partial charge >= 0.3 is 11.7 Å². The van der Waals surface area contributed by atoms with E-state index < -0.39 is 16.7 Å². The number of carboxylic acid groups (broad SMARTS) is 1. The number of ether oxygens (including phenoxy) is 1. The highest BCUT2D eigenvalue weighted by atomic mass is 16.6. The van der Waals surface area contributed by atoms with E-state index in [1.54, 1.807) is 6.07 Å². The van der Waals surface area contributed by atoms with Gasteiger partial charge in [0.1, 0.15) is 0 Å². The van der Waals surface area contributed by atoms with E-state index in [1.807, 2.05) is 0 Å². The van der Waals surface area contributed by atoms with Crippen LogP contribution in [-0.2, 0) is 0 Å². The Hall–Kier alpha value is -3.88. The summed E-state index contributed by atoms with van der Waals surface area (Å²) in [6.45, 7) is 1.53. The Labute approximate surface area is 152 Å². The van der Waals surface area contributed by atoms with Crippen molar-refractivity contribution in [2.24, 2.45) is 0 Å². The molecule has 0 unspecified atom stereocenters. The molecule has 0 radical (unpaired) electrons. The van der Waals surface area contributed by atoms with Crippen LogP contribution in [0, 0.1) is 17.0 Å². The van der Waals surface area contributed by atoms with E-state index in [1.165, 1.54) is 48.9 Å². The molecule has 0 saturated heterocycles. The highest BCUT2D eigenvalue weighted by Crippen LogP contribution is 2.31. The third-order valence-corrected chi connectivity index (χ3v) is 4.27. The first-order valence-electron chi connectivity index (χ1n) is 7.76. The van der Waals surface area contributed by atoms with E-state index >= 15 is 0 Å². The Morgan fingerprint density at radius 3 is 2.56 bits per heavy atom. The number of fused-ring (bicyclic) bond motifs is 1. The topological polar surface area (TPSA) is 137 Å². The van der Waals surface area contributed by atoms with Gasteiger partial charge in [-0.25, -0.2) is 4.79 Å². The standard InChI is InChI=1S/C18H15N3O6/c1-9-15(18(23)24)13-8-11(19)5-6-20(13)16(9)17(22)10-3-4-12(21(25)26)14(7-10)27-2/h3-8H,19H2,1-2H3,(H,23,24). The average Bonchev–Trinajstić information content (AvgIpc) is 2.91. The van der Waals surface area contributed by atoms with Crippen LogP contribution in [0.25, 0.3) is 5.52 Å². The van der Waals surface area contributed by atoms with Crippen molar-refractivity contribution in [3.63, 3.8) is 0 Å². The molecule has 3 N–H and O–H groups in total. The number of aromatic nitrogens is 1. The lowest BCUT2D eigenvalue weighted by atomic mass is 10.0. The van der Waals surface area contributed by atoms with Crippen molar-refractivity contribution in [1.82, 2.24) is 4.40 Å². The molecular weight excluding hydrogens is 354 g/mol. The number of nitro groups is 1. The van der Waals surface area contributed by atoms with E-state index in [-0.39, 0.29) is 39.3 Å². The Morgan fingerprint density at radius 1 is 1.26 bits per heavy atom. The van der Waals surface area contributed by atoms with Gasteiger partial charge in [0.15, 0.2) is 5.75 Å². The normalized spacial score (nSPS) is 10.7. The number of benzene rings is 1. The Bertz CT molecular complexity index is 1120. The molecule has 1 aromatic carbocycles.